The van der Waals surface area contributed by atoms with E-state index >= 15 is 0 Å². The average molecular weight is 442 g/mol. The number of aryl methyl sites for hydroxylation is 1. The third kappa shape index (κ3) is 3.94. The fourth-order valence-electron chi connectivity index (χ4n) is 2.87. The third-order valence-electron chi connectivity index (χ3n) is 4.46. The second-order valence-electron chi connectivity index (χ2n) is 6.44. The molecule has 1 N–H and O–H groups in total. The van der Waals surface area contributed by atoms with Crippen LogP contribution in [-0.2, 0) is 10.5 Å². The van der Waals surface area contributed by atoms with Crippen LogP contribution in [0.2, 0.25) is 5.02 Å². The molecule has 10 heteroatoms. The second-order valence-corrected chi connectivity index (χ2v) is 7.79. The van der Waals surface area contributed by atoms with Gasteiger partial charge in [-0.2, -0.15) is 0 Å². The van der Waals surface area contributed by atoms with Crippen molar-refractivity contribution in [3.05, 3.63) is 75.1 Å². The largest absolute Gasteiger partial charge is 0.465 e. The molecule has 152 valence electrons. The van der Waals surface area contributed by atoms with Crippen molar-refractivity contribution in [2.24, 2.45) is 0 Å². The predicted octanol–water partition coefficient (Wildman–Crippen LogP) is 3.54. The highest BCUT2D eigenvalue weighted by Gasteiger charge is 2.12. The van der Waals surface area contributed by atoms with Crippen molar-refractivity contribution >= 4 is 40.2 Å². The molecule has 2 aromatic carbocycles. The summed E-state index contributed by atoms with van der Waals surface area (Å²) in [6.45, 7) is 1.93. The maximum atomic E-state index is 12.4. The topological polar surface area (TPSA) is 103 Å². The van der Waals surface area contributed by atoms with Gasteiger partial charge in [0.15, 0.2) is 5.16 Å². The maximum Gasteiger partial charge on any atom is 0.337 e. The molecule has 2 heterocycles. The van der Waals surface area contributed by atoms with Gasteiger partial charge in [0.05, 0.1) is 35.0 Å². The first-order valence-electron chi connectivity index (χ1n) is 8.87. The molecule has 0 radical (unpaired) electrons. The third-order valence-corrected chi connectivity index (χ3v) is 5.83. The lowest BCUT2D eigenvalue weighted by atomic mass is 10.1. The molecule has 4 rings (SSSR count). The summed E-state index contributed by atoms with van der Waals surface area (Å²) in [6.07, 6.45) is 1.60. The molecule has 0 fully saturated rings. The summed E-state index contributed by atoms with van der Waals surface area (Å²) in [7, 11) is 1.30. The Hall–Kier alpha value is -3.17. The van der Waals surface area contributed by atoms with E-state index in [0.717, 1.165) is 11.3 Å². The van der Waals surface area contributed by atoms with Gasteiger partial charge in [-0.25, -0.2) is 9.78 Å². The number of halogens is 1. The average Bonchev–Trinajstić information content (AvgIpc) is 3.22. The molecule has 0 spiro atoms. The van der Waals surface area contributed by atoms with Gasteiger partial charge in [0.1, 0.15) is 12.2 Å². The first-order valence-corrected chi connectivity index (χ1v) is 10.2. The van der Waals surface area contributed by atoms with Crippen molar-refractivity contribution in [2.75, 3.05) is 7.11 Å². The van der Waals surface area contributed by atoms with Crippen LogP contribution in [0.5, 0.6) is 0 Å². The van der Waals surface area contributed by atoms with E-state index in [1.54, 1.807) is 18.5 Å². The van der Waals surface area contributed by atoms with Crippen LogP contribution in [0.4, 0.5) is 0 Å². The van der Waals surface area contributed by atoms with E-state index in [1.807, 2.05) is 29.7 Å². The van der Waals surface area contributed by atoms with Crippen molar-refractivity contribution in [1.29, 1.82) is 0 Å². The van der Waals surface area contributed by atoms with Crippen LogP contribution >= 0.6 is 23.4 Å². The van der Waals surface area contributed by atoms with E-state index in [1.165, 1.54) is 24.9 Å². The molecule has 4 aromatic rings. The van der Waals surface area contributed by atoms with Crippen molar-refractivity contribution in [2.45, 2.75) is 17.8 Å². The van der Waals surface area contributed by atoms with E-state index in [9.17, 15) is 9.59 Å². The standard InChI is InChI=1S/C20H16ClN5O3S/c1-11-3-5-13(8-15(11)21)26-10-22-25-20(26)30-9-17-23-16-7-12(19(28)29-2)4-6-14(16)18(27)24-17/h3-8,10H,9H2,1-2H3,(H,23,24,27). The van der Waals surface area contributed by atoms with Gasteiger partial charge in [0.2, 0.25) is 0 Å². The zero-order valence-electron chi connectivity index (χ0n) is 16.0. The molecular weight excluding hydrogens is 426 g/mol. The van der Waals surface area contributed by atoms with Crippen LogP contribution in [0.25, 0.3) is 16.6 Å². The lowest BCUT2D eigenvalue weighted by molar-refractivity contribution is 0.0601. The number of H-pyrrole nitrogens is 1. The number of aromatic nitrogens is 5. The molecule has 8 nitrogen and oxygen atoms in total. The zero-order valence-corrected chi connectivity index (χ0v) is 17.6. The first-order chi connectivity index (χ1) is 14.5. The van der Waals surface area contributed by atoms with E-state index < -0.39 is 5.97 Å². The summed E-state index contributed by atoms with van der Waals surface area (Å²) in [4.78, 5) is 31.4. The Labute approximate surface area is 180 Å². The number of nitrogens with one attached hydrogen (secondary N) is 1. The SMILES string of the molecule is COC(=O)c1ccc2c(=O)[nH]c(CSc3nncn3-c3ccc(C)c(Cl)c3)nc2c1. The van der Waals surface area contributed by atoms with Gasteiger partial charge < -0.3 is 9.72 Å². The molecule has 0 saturated heterocycles. The zero-order chi connectivity index (χ0) is 21.3. The number of ether oxygens (including phenoxy) is 1. The van der Waals surface area contributed by atoms with Gasteiger partial charge >= 0.3 is 5.97 Å². The van der Waals surface area contributed by atoms with Crippen LogP contribution < -0.4 is 5.56 Å². The molecular formula is C20H16ClN5O3S. The lowest BCUT2D eigenvalue weighted by Gasteiger charge is -2.08. The van der Waals surface area contributed by atoms with Gasteiger partial charge in [-0.15, -0.1) is 10.2 Å². The number of fused-ring (bicyclic) bond motifs is 1. The van der Waals surface area contributed by atoms with Crippen LogP contribution in [0.1, 0.15) is 21.7 Å². The predicted molar refractivity (Wildman–Crippen MR) is 114 cm³/mol. The first kappa shape index (κ1) is 20.1. The molecule has 0 unspecified atom stereocenters. The Kier molecular flexibility index (Phi) is 5.56. The normalized spacial score (nSPS) is 11.0. The van der Waals surface area contributed by atoms with E-state index in [0.29, 0.717) is 38.2 Å². The number of nitrogens with zero attached hydrogens (tertiary/aromatic N) is 4. The number of carbonyl (C=O) groups is 1. The van der Waals surface area contributed by atoms with Crippen LogP contribution in [0.3, 0.4) is 0 Å². The summed E-state index contributed by atoms with van der Waals surface area (Å²) in [5, 5.41) is 9.80. The minimum atomic E-state index is -0.486. The van der Waals surface area contributed by atoms with E-state index in [2.05, 4.69) is 20.2 Å². The molecule has 0 amide bonds. The summed E-state index contributed by atoms with van der Waals surface area (Å²) in [5.41, 5.74) is 2.29. The minimum absolute atomic E-state index is 0.279. The van der Waals surface area contributed by atoms with E-state index in [-0.39, 0.29) is 5.56 Å². The van der Waals surface area contributed by atoms with E-state index in [4.69, 9.17) is 16.3 Å². The number of rotatable bonds is 5. The molecule has 0 aliphatic heterocycles. The Morgan fingerprint density at radius 3 is 2.87 bits per heavy atom. The van der Waals surface area contributed by atoms with Gasteiger partial charge in [-0.05, 0) is 42.8 Å². The highest BCUT2D eigenvalue weighted by molar-refractivity contribution is 7.98. The fourth-order valence-corrected chi connectivity index (χ4v) is 3.84. The van der Waals surface area contributed by atoms with Gasteiger partial charge in [0.25, 0.3) is 5.56 Å². The number of hydrogen-bond donors (Lipinski definition) is 1. The van der Waals surface area contributed by atoms with Gasteiger partial charge in [-0.1, -0.05) is 29.4 Å². The van der Waals surface area contributed by atoms with Gasteiger partial charge in [0, 0.05) is 5.02 Å². The number of thioether (sulfide) groups is 1. The maximum absolute atomic E-state index is 12.4. The summed E-state index contributed by atoms with van der Waals surface area (Å²) in [5.74, 6) is 0.321. The van der Waals surface area contributed by atoms with Crippen molar-refractivity contribution in [3.63, 3.8) is 0 Å². The monoisotopic (exact) mass is 441 g/mol. The Morgan fingerprint density at radius 1 is 1.27 bits per heavy atom. The number of carbonyl (C=O) groups excluding carboxylic acids is 1. The Balaban J connectivity index is 1.61. The van der Waals surface area contributed by atoms with Crippen molar-refractivity contribution in [3.8, 4) is 5.69 Å². The summed E-state index contributed by atoms with van der Waals surface area (Å²) < 4.78 is 6.54. The Bertz CT molecular complexity index is 1320. The molecule has 0 aliphatic carbocycles. The number of hydrogen-bond acceptors (Lipinski definition) is 7. The highest BCUT2D eigenvalue weighted by atomic mass is 35.5. The quantitative estimate of drug-likeness (QED) is 0.373. The fraction of sp³-hybridized carbons (Fsp3) is 0.150. The summed E-state index contributed by atoms with van der Waals surface area (Å²) >= 11 is 7.60. The second kappa shape index (κ2) is 8.29. The summed E-state index contributed by atoms with van der Waals surface area (Å²) in [6, 6.07) is 10.3. The van der Waals surface area contributed by atoms with Gasteiger partial charge in [-0.3, -0.25) is 9.36 Å². The van der Waals surface area contributed by atoms with Crippen molar-refractivity contribution in [1.82, 2.24) is 24.7 Å². The number of benzene rings is 2. The lowest BCUT2D eigenvalue weighted by Crippen LogP contribution is -2.12. The van der Waals surface area contributed by atoms with Crippen LogP contribution in [0.15, 0.2) is 52.7 Å². The van der Waals surface area contributed by atoms with Crippen LogP contribution in [0, 0.1) is 6.92 Å². The van der Waals surface area contributed by atoms with Crippen molar-refractivity contribution < 1.29 is 9.53 Å². The molecule has 2 aromatic heterocycles. The minimum Gasteiger partial charge on any atom is -0.465 e. The highest BCUT2D eigenvalue weighted by Crippen LogP contribution is 2.25. The number of aromatic amines is 1. The Morgan fingerprint density at radius 2 is 2.10 bits per heavy atom. The number of methoxy groups -OCH3 is 1. The number of esters is 1. The molecule has 0 saturated carbocycles. The molecule has 0 aliphatic rings. The molecule has 0 bridgehead atoms. The molecule has 0 atom stereocenters. The molecule has 30 heavy (non-hydrogen) atoms. The van der Waals surface area contributed by atoms with Crippen LogP contribution in [-0.4, -0.2) is 37.8 Å². The smallest absolute Gasteiger partial charge is 0.337 e.